The van der Waals surface area contributed by atoms with E-state index in [9.17, 15) is 0 Å². The van der Waals surface area contributed by atoms with Crippen LogP contribution in [0.3, 0.4) is 0 Å². The van der Waals surface area contributed by atoms with Gasteiger partial charge in [-0.1, -0.05) is 141 Å². The Bertz CT molecular complexity index is 790. The van der Waals surface area contributed by atoms with Gasteiger partial charge in [0, 0.05) is 44.8 Å². The average molecular weight is 678 g/mol. The lowest BCUT2D eigenvalue weighted by molar-refractivity contribution is 0.127. The van der Waals surface area contributed by atoms with Gasteiger partial charge in [-0.25, -0.2) is 0 Å². The fourth-order valence-corrected chi connectivity index (χ4v) is 6.64. The van der Waals surface area contributed by atoms with Gasteiger partial charge in [-0.3, -0.25) is 9.80 Å². The number of nitrogens with zero attached hydrogens (tertiary/aromatic N) is 3. The Morgan fingerprint density at radius 1 is 0.583 bits per heavy atom. The Kier molecular flexibility index (Phi) is 29.2. The minimum atomic E-state index is 0.434. The summed E-state index contributed by atoms with van der Waals surface area (Å²) < 4.78 is 0. The first kappa shape index (κ1) is 51.7. The van der Waals surface area contributed by atoms with Crippen molar-refractivity contribution in [2.45, 2.75) is 196 Å². The van der Waals surface area contributed by atoms with Gasteiger partial charge in [-0.2, -0.15) is 0 Å². The third-order valence-corrected chi connectivity index (χ3v) is 8.87. The molecule has 0 aromatic rings. The molecule has 290 valence electrons. The molecular weight excluding hydrogens is 583 g/mol. The zero-order valence-corrected chi connectivity index (χ0v) is 37.5. The molecule has 0 atom stereocenters. The van der Waals surface area contributed by atoms with Crippen molar-refractivity contribution in [2.24, 2.45) is 28.1 Å². The maximum Gasteiger partial charge on any atom is 0.0168 e. The number of rotatable bonds is 6. The van der Waals surface area contributed by atoms with E-state index in [2.05, 4.69) is 131 Å². The van der Waals surface area contributed by atoms with Gasteiger partial charge >= 0.3 is 0 Å². The summed E-state index contributed by atoms with van der Waals surface area (Å²) in [4.78, 5) is 7.71. The van der Waals surface area contributed by atoms with Crippen molar-refractivity contribution in [1.29, 1.82) is 0 Å². The molecule has 3 aliphatic heterocycles. The van der Waals surface area contributed by atoms with Crippen LogP contribution in [0.5, 0.6) is 0 Å². The van der Waals surface area contributed by atoms with Crippen LogP contribution in [0.4, 0.5) is 0 Å². The molecule has 0 aromatic carbocycles. The molecule has 3 heteroatoms. The molecule has 3 nitrogen and oxygen atoms in total. The van der Waals surface area contributed by atoms with E-state index in [-0.39, 0.29) is 0 Å². The number of hydrogen-bond donors (Lipinski definition) is 0. The Morgan fingerprint density at radius 3 is 1.40 bits per heavy atom. The third-order valence-electron chi connectivity index (χ3n) is 8.87. The van der Waals surface area contributed by atoms with Gasteiger partial charge in [0.15, 0.2) is 0 Å². The van der Waals surface area contributed by atoms with E-state index in [0.29, 0.717) is 22.3 Å². The zero-order valence-electron chi connectivity index (χ0n) is 37.5. The molecule has 0 spiro atoms. The van der Waals surface area contributed by atoms with Crippen LogP contribution in [0.15, 0.2) is 23.3 Å². The molecule has 1 saturated heterocycles. The second-order valence-electron chi connectivity index (χ2n) is 18.3. The summed E-state index contributed by atoms with van der Waals surface area (Å²) in [5.74, 6) is 1.72. The van der Waals surface area contributed by atoms with Gasteiger partial charge in [-0.15, -0.1) is 0 Å². The molecule has 0 radical (unpaired) electrons. The maximum absolute atomic E-state index is 2.61. The predicted molar refractivity (Wildman–Crippen MR) is 224 cm³/mol. The topological polar surface area (TPSA) is 9.72 Å². The molecule has 3 aliphatic rings. The van der Waals surface area contributed by atoms with Crippen LogP contribution in [0.1, 0.15) is 184 Å². The van der Waals surface area contributed by atoms with Gasteiger partial charge in [0.05, 0.1) is 0 Å². The predicted octanol–water partition coefficient (Wildman–Crippen LogP) is 13.4. The fourth-order valence-electron chi connectivity index (χ4n) is 6.64. The molecule has 3 rings (SSSR count). The Morgan fingerprint density at radius 2 is 1.08 bits per heavy atom. The van der Waals surface area contributed by atoms with Crippen LogP contribution in [-0.2, 0) is 0 Å². The molecule has 0 unspecified atom stereocenters. The molecular formula is C45H95N3. The lowest BCUT2D eigenvalue weighted by atomic mass is 9.80. The molecule has 0 aliphatic carbocycles. The molecule has 0 bridgehead atoms. The second kappa shape index (κ2) is 27.1. The zero-order chi connectivity index (χ0) is 38.3. The first-order valence-electron chi connectivity index (χ1n) is 20.7. The maximum atomic E-state index is 2.61. The van der Waals surface area contributed by atoms with Crippen molar-refractivity contribution in [2.75, 3.05) is 45.8 Å². The van der Waals surface area contributed by atoms with E-state index in [4.69, 9.17) is 0 Å². The molecule has 0 aromatic heterocycles. The highest BCUT2D eigenvalue weighted by Crippen LogP contribution is 2.31. The summed E-state index contributed by atoms with van der Waals surface area (Å²) in [5, 5.41) is 0. The van der Waals surface area contributed by atoms with Crippen LogP contribution in [0.2, 0.25) is 0 Å². The first-order valence-corrected chi connectivity index (χ1v) is 20.7. The Balaban J connectivity index is -0.000000585. The first-order chi connectivity index (χ1) is 22.1. The van der Waals surface area contributed by atoms with Gasteiger partial charge in [0.2, 0.25) is 0 Å². The summed E-state index contributed by atoms with van der Waals surface area (Å²) in [5.41, 5.74) is 4.71. The van der Waals surface area contributed by atoms with E-state index < -0.39 is 0 Å². The SMILES string of the molecule is CC.CC.CC.CC(C)C1=CCN(CC(C)(C)C)CC1.CC(C)N1CC=C(CC(C)(C)C)CC1.CC(C)N1CCC(CC(C)(C)C)CC1. The van der Waals surface area contributed by atoms with Crippen molar-refractivity contribution >= 4 is 0 Å². The van der Waals surface area contributed by atoms with Gasteiger partial charge < -0.3 is 4.90 Å². The van der Waals surface area contributed by atoms with Crippen LogP contribution in [0.25, 0.3) is 0 Å². The average Bonchev–Trinajstić information content (AvgIpc) is 2.99. The summed E-state index contributed by atoms with van der Waals surface area (Å²) in [7, 11) is 0. The van der Waals surface area contributed by atoms with E-state index in [1.165, 1.54) is 71.2 Å². The van der Waals surface area contributed by atoms with Gasteiger partial charge in [-0.05, 0) is 107 Å². The van der Waals surface area contributed by atoms with Crippen LogP contribution in [-0.4, -0.2) is 72.6 Å². The lowest BCUT2D eigenvalue weighted by Gasteiger charge is -2.36. The van der Waals surface area contributed by atoms with Crippen molar-refractivity contribution in [3.63, 3.8) is 0 Å². The van der Waals surface area contributed by atoms with Gasteiger partial charge in [0.1, 0.15) is 0 Å². The lowest BCUT2D eigenvalue weighted by Crippen LogP contribution is -2.39. The van der Waals surface area contributed by atoms with Crippen molar-refractivity contribution in [1.82, 2.24) is 14.7 Å². The largest absolute Gasteiger partial charge is 0.301 e. The third kappa shape index (κ3) is 28.1. The smallest absolute Gasteiger partial charge is 0.0168 e. The highest BCUT2D eigenvalue weighted by atomic mass is 15.2. The number of hydrogen-bond acceptors (Lipinski definition) is 3. The minimum absolute atomic E-state index is 0.434. The minimum Gasteiger partial charge on any atom is -0.301 e. The highest BCUT2D eigenvalue weighted by Gasteiger charge is 2.25. The second-order valence-corrected chi connectivity index (χ2v) is 18.3. The van der Waals surface area contributed by atoms with E-state index in [1.54, 1.807) is 11.1 Å². The molecule has 0 N–H and O–H groups in total. The number of likely N-dealkylation sites (tertiary alicyclic amines) is 1. The van der Waals surface area contributed by atoms with Crippen molar-refractivity contribution < 1.29 is 0 Å². The molecule has 0 saturated carbocycles. The summed E-state index contributed by atoms with van der Waals surface area (Å²) in [6.07, 6.45) is 12.9. The Hall–Kier alpha value is -0.640. The van der Waals surface area contributed by atoms with Gasteiger partial charge in [0.25, 0.3) is 0 Å². The van der Waals surface area contributed by atoms with Crippen molar-refractivity contribution in [3.05, 3.63) is 23.3 Å². The van der Waals surface area contributed by atoms with E-state index in [0.717, 1.165) is 31.0 Å². The summed E-state index contributed by atoms with van der Waals surface area (Å²) in [6, 6.07) is 1.44. The molecule has 3 heterocycles. The highest BCUT2D eigenvalue weighted by molar-refractivity contribution is 5.10. The summed E-state index contributed by atoms with van der Waals surface area (Å²) in [6.45, 7) is 55.4. The fraction of sp³-hybridized carbons (Fsp3) is 0.911. The molecule has 1 fully saturated rings. The van der Waals surface area contributed by atoms with Crippen LogP contribution < -0.4 is 0 Å². The molecule has 48 heavy (non-hydrogen) atoms. The van der Waals surface area contributed by atoms with Crippen LogP contribution in [0, 0.1) is 28.1 Å². The number of piperidine rings is 1. The molecule has 0 amide bonds. The van der Waals surface area contributed by atoms with E-state index in [1.807, 2.05) is 41.5 Å². The van der Waals surface area contributed by atoms with E-state index >= 15 is 0 Å². The normalized spacial score (nSPS) is 18.4. The van der Waals surface area contributed by atoms with Crippen LogP contribution >= 0.6 is 0 Å². The Labute approximate surface area is 307 Å². The standard InChI is InChI=1S/C13H25N.C13H27N.C13H25N.3C2H6/c1-11(2)12-6-8-14(9-7-12)10-13(3,4)5;2*1-11(2)14-8-6-12(7-9-14)10-13(3,4)5;3*1-2/h6,11H,7-10H2,1-5H3;11-12H,6-10H2,1-5H3;6,11H,7-10H2,1-5H3;3*1-2H3. The quantitative estimate of drug-likeness (QED) is 0.259. The summed E-state index contributed by atoms with van der Waals surface area (Å²) >= 11 is 0. The monoisotopic (exact) mass is 678 g/mol. The van der Waals surface area contributed by atoms with Crippen molar-refractivity contribution in [3.8, 4) is 0 Å².